The fraction of sp³-hybridized carbons (Fsp3) is 0.542. The molecule has 0 heterocycles. The van der Waals surface area contributed by atoms with E-state index in [2.05, 4.69) is 33.8 Å². The number of hydrogen-bond donors (Lipinski definition) is 1. The van der Waals surface area contributed by atoms with E-state index in [1.165, 1.54) is 11.6 Å². The van der Waals surface area contributed by atoms with Crippen LogP contribution in [0.15, 0.2) is 48.1 Å². The monoisotopic (exact) mass is 368 g/mol. The number of esters is 1. The average molecular weight is 369 g/mol. The summed E-state index contributed by atoms with van der Waals surface area (Å²) in [5.74, 6) is 0.520. The van der Waals surface area contributed by atoms with Crippen LogP contribution in [0.5, 0.6) is 0 Å². The number of hydrogen-bond acceptors (Lipinski definition) is 3. The number of fused-ring (bicyclic) bond motifs is 1. The first-order valence-electron chi connectivity index (χ1n) is 10.1. The molecule has 1 saturated carbocycles. The minimum Gasteiger partial charge on any atom is -0.458 e. The number of aliphatic hydroxyl groups is 1. The molecule has 0 aromatic heterocycles. The van der Waals surface area contributed by atoms with Crippen molar-refractivity contribution >= 4 is 12.0 Å². The summed E-state index contributed by atoms with van der Waals surface area (Å²) in [7, 11) is 0. The molecule has 1 aromatic carbocycles. The van der Waals surface area contributed by atoms with Crippen molar-refractivity contribution in [3.63, 3.8) is 0 Å². The second kappa shape index (κ2) is 8.02. The van der Waals surface area contributed by atoms with Gasteiger partial charge in [0.05, 0.1) is 6.10 Å². The van der Waals surface area contributed by atoms with Crippen LogP contribution >= 0.6 is 0 Å². The molecule has 1 fully saturated rings. The van der Waals surface area contributed by atoms with Crippen LogP contribution in [0.25, 0.3) is 6.08 Å². The molecule has 0 unspecified atom stereocenters. The van der Waals surface area contributed by atoms with Gasteiger partial charge in [-0.2, -0.15) is 0 Å². The minimum atomic E-state index is -0.375. The standard InChI is InChI=1S/C24H32O3/c1-16(2)19-14-15-24(4)20(25)12-10-17(3)22(24)23(19)27-21(26)13-11-18-8-6-5-7-9-18/h5-11,13,16,19-20,22-23,25H,12,14-15H2,1-4H3/t19-,20-,22-,23+,24-/m0/s1. The van der Waals surface area contributed by atoms with Gasteiger partial charge >= 0.3 is 5.97 Å². The van der Waals surface area contributed by atoms with Crippen molar-refractivity contribution in [1.82, 2.24) is 0 Å². The normalized spacial score (nSPS) is 33.6. The third-order valence-corrected chi connectivity index (χ3v) is 6.71. The number of aliphatic hydroxyl groups excluding tert-OH is 1. The van der Waals surface area contributed by atoms with Gasteiger partial charge in [0.1, 0.15) is 6.10 Å². The zero-order chi connectivity index (χ0) is 19.6. The van der Waals surface area contributed by atoms with Crippen molar-refractivity contribution < 1.29 is 14.6 Å². The van der Waals surface area contributed by atoms with Crippen LogP contribution in [0.4, 0.5) is 0 Å². The molecule has 5 atom stereocenters. The summed E-state index contributed by atoms with van der Waals surface area (Å²) in [5, 5.41) is 10.7. The Kier molecular flexibility index (Phi) is 5.90. The first kappa shape index (κ1) is 19.9. The van der Waals surface area contributed by atoms with Crippen molar-refractivity contribution in [2.45, 2.75) is 59.2 Å². The van der Waals surface area contributed by atoms with Crippen molar-refractivity contribution in [2.24, 2.45) is 23.2 Å². The molecule has 1 N–H and O–H groups in total. The summed E-state index contributed by atoms with van der Waals surface area (Å²) in [4.78, 5) is 12.6. The first-order valence-corrected chi connectivity index (χ1v) is 10.1. The van der Waals surface area contributed by atoms with Crippen LogP contribution in [-0.2, 0) is 9.53 Å². The predicted molar refractivity (Wildman–Crippen MR) is 109 cm³/mol. The van der Waals surface area contributed by atoms with E-state index >= 15 is 0 Å². The summed E-state index contributed by atoms with van der Waals surface area (Å²) < 4.78 is 6.06. The fourth-order valence-corrected chi connectivity index (χ4v) is 5.04. The smallest absolute Gasteiger partial charge is 0.331 e. The SMILES string of the molecule is CC1=CC[C@H](O)[C@]2(C)CC[C@@H](C(C)C)[C@@H](OC(=O)C=Cc3ccccc3)[C@H]12. The Morgan fingerprint density at radius 1 is 1.30 bits per heavy atom. The van der Waals surface area contributed by atoms with Gasteiger partial charge in [0.15, 0.2) is 0 Å². The second-order valence-corrected chi connectivity index (χ2v) is 8.78. The molecule has 3 heteroatoms. The molecule has 0 radical (unpaired) electrons. The lowest BCUT2D eigenvalue weighted by Crippen LogP contribution is -2.55. The molecule has 3 rings (SSSR count). The van der Waals surface area contributed by atoms with E-state index in [0.29, 0.717) is 18.3 Å². The van der Waals surface area contributed by atoms with Gasteiger partial charge < -0.3 is 9.84 Å². The molecular formula is C24H32O3. The highest BCUT2D eigenvalue weighted by Crippen LogP contribution is 2.54. The van der Waals surface area contributed by atoms with Crippen molar-refractivity contribution in [3.8, 4) is 0 Å². The lowest BCUT2D eigenvalue weighted by atomic mass is 9.54. The Bertz CT molecular complexity index is 718. The molecule has 146 valence electrons. The quantitative estimate of drug-likeness (QED) is 0.461. The van der Waals surface area contributed by atoms with Crippen LogP contribution < -0.4 is 0 Å². The molecule has 27 heavy (non-hydrogen) atoms. The van der Waals surface area contributed by atoms with E-state index in [-0.39, 0.29) is 29.5 Å². The van der Waals surface area contributed by atoms with E-state index in [4.69, 9.17) is 4.74 Å². The van der Waals surface area contributed by atoms with Gasteiger partial charge in [-0.3, -0.25) is 0 Å². The molecule has 3 nitrogen and oxygen atoms in total. The van der Waals surface area contributed by atoms with Crippen LogP contribution in [0, 0.1) is 23.2 Å². The Labute approximate surface area is 163 Å². The molecule has 0 amide bonds. The number of carbonyl (C=O) groups is 1. The van der Waals surface area contributed by atoms with Crippen LogP contribution in [0.1, 0.15) is 52.5 Å². The predicted octanol–water partition coefficient (Wildman–Crippen LogP) is 5.01. The number of ether oxygens (including phenoxy) is 1. The van der Waals surface area contributed by atoms with E-state index in [9.17, 15) is 9.90 Å². The Hall–Kier alpha value is -1.87. The van der Waals surface area contributed by atoms with Gasteiger partial charge in [-0.25, -0.2) is 4.79 Å². The zero-order valence-corrected chi connectivity index (χ0v) is 16.9. The molecular weight excluding hydrogens is 336 g/mol. The van der Waals surface area contributed by atoms with Crippen molar-refractivity contribution in [3.05, 3.63) is 53.6 Å². The molecule has 2 aliphatic rings. The highest BCUT2D eigenvalue weighted by atomic mass is 16.5. The maximum Gasteiger partial charge on any atom is 0.331 e. The van der Waals surface area contributed by atoms with Gasteiger partial charge in [-0.05, 0) is 49.7 Å². The highest BCUT2D eigenvalue weighted by Gasteiger charge is 2.53. The van der Waals surface area contributed by atoms with Gasteiger partial charge in [-0.1, -0.05) is 62.8 Å². The summed E-state index contributed by atoms with van der Waals surface area (Å²) >= 11 is 0. The minimum absolute atomic E-state index is 0.0801. The highest BCUT2D eigenvalue weighted by molar-refractivity contribution is 5.87. The maximum atomic E-state index is 12.6. The number of benzene rings is 1. The Morgan fingerprint density at radius 2 is 2.00 bits per heavy atom. The summed E-state index contributed by atoms with van der Waals surface area (Å²) in [6.07, 6.45) is 7.53. The van der Waals surface area contributed by atoms with E-state index in [0.717, 1.165) is 18.4 Å². The molecule has 0 aliphatic heterocycles. The molecule has 1 aromatic rings. The number of carbonyl (C=O) groups excluding carboxylic acids is 1. The first-order chi connectivity index (χ1) is 12.8. The van der Waals surface area contributed by atoms with Crippen molar-refractivity contribution in [2.75, 3.05) is 0 Å². The van der Waals surface area contributed by atoms with Gasteiger partial charge in [0, 0.05) is 17.4 Å². The lowest BCUT2D eigenvalue weighted by Gasteiger charge is -2.54. The average Bonchev–Trinajstić information content (AvgIpc) is 2.64. The molecule has 2 aliphatic carbocycles. The molecule has 0 bridgehead atoms. The van der Waals surface area contributed by atoms with Crippen LogP contribution in [0.2, 0.25) is 0 Å². The maximum absolute atomic E-state index is 12.6. The second-order valence-electron chi connectivity index (χ2n) is 8.78. The van der Waals surface area contributed by atoms with Crippen molar-refractivity contribution in [1.29, 1.82) is 0 Å². The van der Waals surface area contributed by atoms with Gasteiger partial charge in [0.25, 0.3) is 0 Å². The lowest BCUT2D eigenvalue weighted by molar-refractivity contribution is -0.166. The third-order valence-electron chi connectivity index (χ3n) is 6.71. The van der Waals surface area contributed by atoms with E-state index in [1.807, 2.05) is 30.3 Å². The number of rotatable bonds is 4. The zero-order valence-electron chi connectivity index (χ0n) is 16.9. The van der Waals surface area contributed by atoms with Crippen LogP contribution in [-0.4, -0.2) is 23.3 Å². The summed E-state index contributed by atoms with van der Waals surface area (Å²) in [6, 6.07) is 9.77. The Balaban J connectivity index is 1.84. The molecule has 0 spiro atoms. The Morgan fingerprint density at radius 3 is 2.67 bits per heavy atom. The van der Waals surface area contributed by atoms with Crippen LogP contribution in [0.3, 0.4) is 0 Å². The van der Waals surface area contributed by atoms with E-state index < -0.39 is 0 Å². The van der Waals surface area contributed by atoms with E-state index in [1.54, 1.807) is 6.08 Å². The molecule has 0 saturated heterocycles. The summed E-state index contributed by atoms with van der Waals surface area (Å²) in [5.41, 5.74) is 2.00. The van der Waals surface area contributed by atoms with Gasteiger partial charge in [-0.15, -0.1) is 0 Å². The largest absolute Gasteiger partial charge is 0.458 e. The third kappa shape index (κ3) is 4.03. The fourth-order valence-electron chi connectivity index (χ4n) is 5.04. The van der Waals surface area contributed by atoms with Gasteiger partial charge in [0.2, 0.25) is 0 Å². The summed E-state index contributed by atoms with van der Waals surface area (Å²) in [6.45, 7) is 8.69. The topological polar surface area (TPSA) is 46.5 Å².